The summed E-state index contributed by atoms with van der Waals surface area (Å²) >= 11 is 0. The first kappa shape index (κ1) is 23.7. The largest absolute Gasteiger partial charge is 0.507 e. The molecule has 5 atom stereocenters. The summed E-state index contributed by atoms with van der Waals surface area (Å²) in [5, 5.41) is 11.2. The van der Waals surface area contributed by atoms with Crippen LogP contribution in [-0.2, 0) is 32.1 Å². The molecule has 1 aromatic carbocycles. The van der Waals surface area contributed by atoms with Crippen molar-refractivity contribution in [1.29, 1.82) is 0 Å². The summed E-state index contributed by atoms with van der Waals surface area (Å²) in [6.07, 6.45) is 2.87. The van der Waals surface area contributed by atoms with Crippen LogP contribution in [0.4, 0.5) is 5.69 Å². The second-order valence-electron chi connectivity index (χ2n) is 10.7. The average Bonchev–Trinajstić information content (AvgIpc) is 3.27. The number of Topliss-reactive ketones (excluding diaryl/α,β-unsaturated/α-hetero) is 4. The number of phenols is 1. The van der Waals surface area contributed by atoms with Crippen LogP contribution in [0.3, 0.4) is 0 Å². The molecule has 0 bridgehead atoms. The van der Waals surface area contributed by atoms with Crippen LogP contribution in [0.5, 0.6) is 5.75 Å². The Labute approximate surface area is 203 Å². The van der Waals surface area contributed by atoms with Gasteiger partial charge in [-0.05, 0) is 62.2 Å². The lowest BCUT2D eigenvalue weighted by molar-refractivity contribution is -0.152. The first-order chi connectivity index (χ1) is 16.6. The number of ketones is 4. The molecule has 3 N–H and O–H groups in total. The predicted molar refractivity (Wildman–Crippen MR) is 126 cm³/mol. The maximum absolute atomic E-state index is 13.8. The number of nitrogens with zero attached hydrogens (tertiary/aromatic N) is 2. The predicted octanol–water partition coefficient (Wildman–Crippen LogP) is 0.874. The Morgan fingerprint density at radius 3 is 2.34 bits per heavy atom. The van der Waals surface area contributed by atoms with Crippen molar-refractivity contribution in [2.75, 3.05) is 32.1 Å². The van der Waals surface area contributed by atoms with Gasteiger partial charge in [-0.15, -0.1) is 0 Å². The zero-order valence-electron chi connectivity index (χ0n) is 20.1. The molecule has 1 saturated heterocycles. The fourth-order valence-corrected chi connectivity index (χ4v) is 6.79. The van der Waals surface area contributed by atoms with Gasteiger partial charge in [0.25, 0.3) is 0 Å². The molecule has 3 aliphatic carbocycles. The third-order valence-corrected chi connectivity index (χ3v) is 8.35. The van der Waals surface area contributed by atoms with Crippen LogP contribution in [0.15, 0.2) is 6.07 Å². The molecule has 4 aliphatic rings. The molecule has 1 amide bonds. The molecule has 1 aliphatic heterocycles. The molecule has 5 rings (SSSR count). The molecule has 186 valence electrons. The highest BCUT2D eigenvalue weighted by atomic mass is 16.3. The van der Waals surface area contributed by atoms with Crippen molar-refractivity contribution in [2.45, 2.75) is 38.6 Å². The van der Waals surface area contributed by atoms with Gasteiger partial charge in [0.2, 0.25) is 5.91 Å². The second kappa shape index (κ2) is 8.55. The van der Waals surface area contributed by atoms with Crippen molar-refractivity contribution < 1.29 is 29.1 Å². The minimum absolute atomic E-state index is 0.0689. The van der Waals surface area contributed by atoms with Gasteiger partial charge in [0, 0.05) is 38.3 Å². The van der Waals surface area contributed by atoms with E-state index in [1.165, 1.54) is 0 Å². The summed E-state index contributed by atoms with van der Waals surface area (Å²) in [5.41, 5.74) is 7.64. The van der Waals surface area contributed by atoms with E-state index in [2.05, 4.69) is 4.90 Å². The van der Waals surface area contributed by atoms with Gasteiger partial charge in [0.15, 0.2) is 29.1 Å². The number of carbonyl (C=O) groups excluding carboxylic acids is 5. The van der Waals surface area contributed by atoms with E-state index >= 15 is 0 Å². The van der Waals surface area contributed by atoms with E-state index in [1.54, 1.807) is 0 Å². The minimum atomic E-state index is -1.62. The number of anilines is 1. The lowest BCUT2D eigenvalue weighted by Gasteiger charge is -2.44. The van der Waals surface area contributed by atoms with Gasteiger partial charge in [-0.3, -0.25) is 28.9 Å². The summed E-state index contributed by atoms with van der Waals surface area (Å²) in [6, 6.07) is 1.93. The van der Waals surface area contributed by atoms with E-state index in [0.29, 0.717) is 30.5 Å². The Kier molecular flexibility index (Phi) is 5.78. The molecule has 9 heteroatoms. The molecule has 0 aromatic heterocycles. The summed E-state index contributed by atoms with van der Waals surface area (Å²) in [6.45, 7) is 2.37. The zero-order valence-corrected chi connectivity index (χ0v) is 20.1. The number of carbonyl (C=O) groups is 5. The highest BCUT2D eigenvalue weighted by molar-refractivity contribution is 6.27. The zero-order chi connectivity index (χ0) is 25.2. The van der Waals surface area contributed by atoms with Crippen LogP contribution in [0.1, 0.15) is 47.2 Å². The molecule has 0 radical (unpaired) electrons. The lowest BCUT2D eigenvalue weighted by atomic mass is 9.56. The normalized spacial score (nSPS) is 30.6. The number of hydrogen-bond donors (Lipinski definition) is 2. The number of nitrogens with two attached hydrogens (primary N) is 1. The smallest absolute Gasteiger partial charge is 0.235 e. The molecular weight excluding hydrogens is 450 g/mol. The number of primary amides is 1. The van der Waals surface area contributed by atoms with Crippen molar-refractivity contribution in [1.82, 2.24) is 4.90 Å². The van der Waals surface area contributed by atoms with E-state index in [4.69, 9.17) is 5.73 Å². The van der Waals surface area contributed by atoms with Gasteiger partial charge < -0.3 is 15.7 Å². The Balaban J connectivity index is 1.55. The lowest BCUT2D eigenvalue weighted by Crippen LogP contribution is -2.56. The number of hydrogen-bond acceptors (Lipinski definition) is 8. The summed E-state index contributed by atoms with van der Waals surface area (Å²) in [7, 11) is 3.76. The number of phenolic OH excluding ortho intramolecular Hbond substituents is 1. The van der Waals surface area contributed by atoms with Crippen molar-refractivity contribution in [2.24, 2.45) is 35.3 Å². The van der Waals surface area contributed by atoms with Crippen LogP contribution in [0.25, 0.3) is 0 Å². The van der Waals surface area contributed by atoms with Crippen molar-refractivity contribution in [3.63, 3.8) is 0 Å². The molecular formula is C26H31N3O6. The van der Waals surface area contributed by atoms with E-state index in [-0.39, 0.29) is 23.7 Å². The first-order valence-electron chi connectivity index (χ1n) is 12.3. The van der Waals surface area contributed by atoms with Gasteiger partial charge in [-0.2, -0.15) is 0 Å². The molecule has 5 unspecified atom stereocenters. The molecule has 1 aromatic rings. The van der Waals surface area contributed by atoms with Gasteiger partial charge in [0.05, 0.1) is 17.4 Å². The SMILES string of the molecule is CN(C)c1cc(CN2CCCC2)c(O)c2c1CC1CC3CC(=O)C(C(N)=O)C(=O)C3C(=O)C1C2=O. The minimum Gasteiger partial charge on any atom is -0.507 e. The summed E-state index contributed by atoms with van der Waals surface area (Å²) in [5.74, 6) is -8.23. The van der Waals surface area contributed by atoms with E-state index in [9.17, 15) is 29.1 Å². The number of amides is 1. The second-order valence-corrected chi connectivity index (χ2v) is 10.7. The molecule has 3 fully saturated rings. The van der Waals surface area contributed by atoms with Crippen LogP contribution in [-0.4, -0.2) is 66.2 Å². The third-order valence-electron chi connectivity index (χ3n) is 8.35. The summed E-state index contributed by atoms with van der Waals surface area (Å²) in [4.78, 5) is 68.8. The number of rotatable bonds is 4. The summed E-state index contributed by atoms with van der Waals surface area (Å²) < 4.78 is 0. The van der Waals surface area contributed by atoms with E-state index in [1.807, 2.05) is 25.1 Å². The third kappa shape index (κ3) is 3.67. The van der Waals surface area contributed by atoms with Crippen LogP contribution in [0, 0.1) is 29.6 Å². The molecule has 0 spiro atoms. The average molecular weight is 482 g/mol. The highest BCUT2D eigenvalue weighted by Crippen LogP contribution is 2.50. The number of aromatic hydroxyl groups is 1. The van der Waals surface area contributed by atoms with Crippen LogP contribution >= 0.6 is 0 Å². The van der Waals surface area contributed by atoms with Crippen molar-refractivity contribution in [3.8, 4) is 5.75 Å². The standard InChI is InChI=1S/C26H31N3O6/c1-28(2)16-9-14(11-29-5-3-4-6-29)22(31)20-15(16)8-12-7-13-10-17(30)21(26(27)35)25(34)19(13)23(32)18(12)24(20)33/h9,12-13,18-19,21,31H,3-8,10-11H2,1-2H3,(H2,27,35). The first-order valence-corrected chi connectivity index (χ1v) is 12.3. The molecule has 2 saturated carbocycles. The van der Waals surface area contributed by atoms with Gasteiger partial charge in [0.1, 0.15) is 5.75 Å². The number of likely N-dealkylation sites (tertiary alicyclic amines) is 1. The van der Waals surface area contributed by atoms with Gasteiger partial charge in [-0.1, -0.05) is 0 Å². The topological polar surface area (TPSA) is 138 Å². The number of fused-ring (bicyclic) bond motifs is 3. The maximum Gasteiger partial charge on any atom is 0.235 e. The van der Waals surface area contributed by atoms with Crippen molar-refractivity contribution in [3.05, 3.63) is 22.8 Å². The van der Waals surface area contributed by atoms with Gasteiger partial charge in [-0.25, -0.2) is 0 Å². The Morgan fingerprint density at radius 2 is 1.71 bits per heavy atom. The molecule has 1 heterocycles. The maximum atomic E-state index is 13.8. The number of benzene rings is 1. The van der Waals surface area contributed by atoms with Crippen molar-refractivity contribution >= 4 is 34.7 Å². The van der Waals surface area contributed by atoms with Crippen LogP contribution < -0.4 is 10.6 Å². The van der Waals surface area contributed by atoms with Gasteiger partial charge >= 0.3 is 0 Å². The van der Waals surface area contributed by atoms with E-state index < -0.39 is 52.7 Å². The van der Waals surface area contributed by atoms with E-state index in [0.717, 1.165) is 31.6 Å². The quantitative estimate of drug-likeness (QED) is 0.605. The Morgan fingerprint density at radius 1 is 1.06 bits per heavy atom. The monoisotopic (exact) mass is 481 g/mol. The molecule has 35 heavy (non-hydrogen) atoms. The Hall–Kier alpha value is -3.07. The fraction of sp³-hybridized carbons (Fsp3) is 0.577. The van der Waals surface area contributed by atoms with Crippen LogP contribution in [0.2, 0.25) is 0 Å². The Bertz CT molecular complexity index is 1150. The molecule has 9 nitrogen and oxygen atoms in total. The highest BCUT2D eigenvalue weighted by Gasteiger charge is 2.57. The fourth-order valence-electron chi connectivity index (χ4n) is 6.79.